The molecule has 0 saturated carbocycles. The number of halogens is 2. The predicted molar refractivity (Wildman–Crippen MR) is 54.4 cm³/mol. The fraction of sp³-hybridized carbons (Fsp3) is 0.300. The van der Waals surface area contributed by atoms with E-state index in [1.54, 1.807) is 0 Å². The number of rotatable bonds is 4. The van der Waals surface area contributed by atoms with Crippen LogP contribution < -0.4 is 11.1 Å². The molecule has 1 amide bonds. The monoisotopic (exact) mass is 230 g/mol. The number of benzene rings is 1. The van der Waals surface area contributed by atoms with Gasteiger partial charge in [0.05, 0.1) is 13.1 Å². The Balaban J connectivity index is 2.60. The molecule has 0 atom stereocenters. The molecule has 0 radical (unpaired) electrons. The minimum Gasteiger partial charge on any atom is -0.508 e. The third-order valence-electron chi connectivity index (χ3n) is 1.91. The number of amides is 1. The first-order valence-corrected chi connectivity index (χ1v) is 4.60. The van der Waals surface area contributed by atoms with Crippen molar-refractivity contribution in [3.63, 3.8) is 0 Å². The largest absolute Gasteiger partial charge is 0.508 e. The Kier molecular flexibility index (Phi) is 3.78. The Hall–Kier alpha value is -1.69. The number of nitrogens with two attached hydrogens (primary N) is 1. The lowest BCUT2D eigenvalue weighted by molar-refractivity contribution is 0.0118. The molecule has 0 bridgehead atoms. The first kappa shape index (κ1) is 12.4. The maximum atomic E-state index is 12.7. The van der Waals surface area contributed by atoms with Gasteiger partial charge in [-0.1, -0.05) is 6.07 Å². The molecule has 0 saturated heterocycles. The van der Waals surface area contributed by atoms with E-state index >= 15 is 0 Å². The molecule has 0 aromatic heterocycles. The molecular weight excluding hydrogens is 218 g/mol. The highest BCUT2D eigenvalue weighted by Crippen LogP contribution is 2.12. The summed E-state index contributed by atoms with van der Waals surface area (Å²) in [6.07, 6.45) is 0. The van der Waals surface area contributed by atoms with E-state index in [0.717, 1.165) is 0 Å². The van der Waals surface area contributed by atoms with Crippen LogP contribution in [0.3, 0.4) is 0 Å². The third kappa shape index (κ3) is 3.47. The van der Waals surface area contributed by atoms with E-state index in [1.807, 2.05) is 5.32 Å². The smallest absolute Gasteiger partial charge is 0.277 e. The molecule has 0 aliphatic carbocycles. The van der Waals surface area contributed by atoms with E-state index in [0.29, 0.717) is 0 Å². The molecule has 6 heteroatoms. The van der Waals surface area contributed by atoms with Gasteiger partial charge in [0.1, 0.15) is 5.75 Å². The first-order chi connectivity index (χ1) is 7.44. The number of hydrogen-bond donors (Lipinski definition) is 3. The average Bonchev–Trinajstić information content (AvgIpc) is 2.26. The van der Waals surface area contributed by atoms with Gasteiger partial charge in [-0.25, -0.2) is 8.78 Å². The van der Waals surface area contributed by atoms with Crippen LogP contribution in [0, 0.1) is 0 Å². The second-order valence-electron chi connectivity index (χ2n) is 3.29. The zero-order chi connectivity index (χ0) is 12.2. The number of nitrogens with one attached hydrogen (secondary N) is 1. The van der Waals surface area contributed by atoms with Gasteiger partial charge in [-0.3, -0.25) is 4.79 Å². The van der Waals surface area contributed by atoms with Crippen molar-refractivity contribution in [2.75, 3.05) is 13.1 Å². The summed E-state index contributed by atoms with van der Waals surface area (Å²) in [4.78, 5) is 11.4. The Morgan fingerprint density at radius 1 is 1.50 bits per heavy atom. The van der Waals surface area contributed by atoms with E-state index in [4.69, 9.17) is 10.8 Å². The third-order valence-corrected chi connectivity index (χ3v) is 1.91. The molecule has 4 nitrogen and oxygen atoms in total. The Bertz CT molecular complexity index is 383. The van der Waals surface area contributed by atoms with E-state index in [2.05, 4.69) is 0 Å². The number of alkyl halides is 2. The number of phenols is 1. The van der Waals surface area contributed by atoms with E-state index < -0.39 is 24.9 Å². The number of aromatic hydroxyl groups is 1. The van der Waals surface area contributed by atoms with Gasteiger partial charge in [0.15, 0.2) is 0 Å². The van der Waals surface area contributed by atoms with Crippen LogP contribution in [0.15, 0.2) is 24.3 Å². The summed E-state index contributed by atoms with van der Waals surface area (Å²) < 4.78 is 25.4. The Morgan fingerprint density at radius 2 is 2.19 bits per heavy atom. The van der Waals surface area contributed by atoms with Gasteiger partial charge in [-0.15, -0.1) is 0 Å². The van der Waals surface area contributed by atoms with Crippen molar-refractivity contribution in [3.8, 4) is 5.75 Å². The van der Waals surface area contributed by atoms with Crippen LogP contribution in [0.4, 0.5) is 8.78 Å². The van der Waals surface area contributed by atoms with Crippen LogP contribution in [-0.2, 0) is 0 Å². The van der Waals surface area contributed by atoms with Gasteiger partial charge in [0.2, 0.25) is 0 Å². The van der Waals surface area contributed by atoms with Crippen LogP contribution in [0.2, 0.25) is 0 Å². The van der Waals surface area contributed by atoms with Crippen LogP contribution in [0.25, 0.3) is 0 Å². The zero-order valence-corrected chi connectivity index (χ0v) is 8.41. The van der Waals surface area contributed by atoms with Crippen molar-refractivity contribution in [1.82, 2.24) is 5.32 Å². The fourth-order valence-corrected chi connectivity index (χ4v) is 1.03. The summed E-state index contributed by atoms with van der Waals surface area (Å²) >= 11 is 0. The summed E-state index contributed by atoms with van der Waals surface area (Å²) in [7, 11) is 0. The van der Waals surface area contributed by atoms with Crippen LogP contribution in [-0.4, -0.2) is 30.0 Å². The van der Waals surface area contributed by atoms with E-state index in [9.17, 15) is 13.6 Å². The molecule has 88 valence electrons. The van der Waals surface area contributed by atoms with Crippen LogP contribution in [0.1, 0.15) is 10.4 Å². The maximum Gasteiger partial charge on any atom is 0.277 e. The molecule has 16 heavy (non-hydrogen) atoms. The van der Waals surface area contributed by atoms with Gasteiger partial charge in [0.25, 0.3) is 11.8 Å². The molecule has 0 spiro atoms. The average molecular weight is 230 g/mol. The Labute approximate surface area is 91.1 Å². The van der Waals surface area contributed by atoms with Gasteiger partial charge in [0, 0.05) is 5.56 Å². The highest BCUT2D eigenvalue weighted by molar-refractivity contribution is 5.94. The van der Waals surface area contributed by atoms with Gasteiger partial charge < -0.3 is 16.2 Å². The number of carbonyl (C=O) groups is 1. The molecule has 1 aromatic carbocycles. The lowest BCUT2D eigenvalue weighted by atomic mass is 10.2. The van der Waals surface area contributed by atoms with E-state index in [-0.39, 0.29) is 11.3 Å². The summed E-state index contributed by atoms with van der Waals surface area (Å²) in [5, 5.41) is 11.1. The van der Waals surface area contributed by atoms with Crippen LogP contribution in [0.5, 0.6) is 5.75 Å². The van der Waals surface area contributed by atoms with Crippen molar-refractivity contribution in [3.05, 3.63) is 29.8 Å². The highest BCUT2D eigenvalue weighted by atomic mass is 19.3. The van der Waals surface area contributed by atoms with Gasteiger partial charge in [-0.2, -0.15) is 0 Å². The number of hydrogen-bond acceptors (Lipinski definition) is 3. The van der Waals surface area contributed by atoms with Crippen molar-refractivity contribution >= 4 is 5.91 Å². The van der Waals surface area contributed by atoms with Crippen LogP contribution >= 0.6 is 0 Å². The molecule has 1 rings (SSSR count). The molecular formula is C10H12F2N2O2. The minimum atomic E-state index is -3.12. The quantitative estimate of drug-likeness (QED) is 0.713. The molecule has 0 aliphatic heterocycles. The number of phenolic OH excluding ortho intramolecular Hbond substituents is 1. The van der Waals surface area contributed by atoms with Gasteiger partial charge in [-0.05, 0) is 18.2 Å². The lowest BCUT2D eigenvalue weighted by Crippen LogP contribution is -2.41. The first-order valence-electron chi connectivity index (χ1n) is 4.60. The second kappa shape index (κ2) is 4.89. The lowest BCUT2D eigenvalue weighted by Gasteiger charge is -2.14. The topological polar surface area (TPSA) is 75.3 Å². The fourth-order valence-electron chi connectivity index (χ4n) is 1.03. The van der Waals surface area contributed by atoms with Crippen molar-refractivity contribution in [2.24, 2.45) is 5.73 Å². The summed E-state index contributed by atoms with van der Waals surface area (Å²) in [5.41, 5.74) is 4.93. The molecule has 0 unspecified atom stereocenters. The summed E-state index contributed by atoms with van der Waals surface area (Å²) in [6, 6.07) is 5.43. The molecule has 4 N–H and O–H groups in total. The van der Waals surface area contributed by atoms with Crippen molar-refractivity contribution in [2.45, 2.75) is 5.92 Å². The normalized spacial score (nSPS) is 11.2. The van der Waals surface area contributed by atoms with E-state index in [1.165, 1.54) is 24.3 Å². The molecule has 0 heterocycles. The standard InChI is InChI=1S/C10H12F2N2O2/c11-10(12,5-13)6-14-9(16)7-2-1-3-8(15)4-7/h1-4,15H,5-6,13H2,(H,14,16). The number of carbonyl (C=O) groups excluding carboxylic acids is 1. The highest BCUT2D eigenvalue weighted by Gasteiger charge is 2.27. The van der Waals surface area contributed by atoms with Crippen molar-refractivity contribution < 1.29 is 18.7 Å². The minimum absolute atomic E-state index is 0.0989. The molecule has 0 aliphatic rings. The van der Waals surface area contributed by atoms with Gasteiger partial charge >= 0.3 is 0 Å². The summed E-state index contributed by atoms with van der Waals surface area (Å²) in [5.74, 6) is -3.89. The zero-order valence-electron chi connectivity index (χ0n) is 8.41. The van der Waals surface area contributed by atoms with Crippen molar-refractivity contribution in [1.29, 1.82) is 0 Å². The Morgan fingerprint density at radius 3 is 2.75 bits per heavy atom. The SMILES string of the molecule is NCC(F)(F)CNC(=O)c1cccc(O)c1. The second-order valence-corrected chi connectivity index (χ2v) is 3.29. The maximum absolute atomic E-state index is 12.7. The molecule has 1 aromatic rings. The summed E-state index contributed by atoms with van der Waals surface area (Å²) in [6.45, 7) is -1.65. The molecule has 0 fully saturated rings. The predicted octanol–water partition coefficient (Wildman–Crippen LogP) is 0.716.